The molecule has 39 heavy (non-hydrogen) atoms. The van der Waals surface area contributed by atoms with Crippen LogP contribution in [0.2, 0.25) is 0 Å². The molecule has 0 radical (unpaired) electrons. The third-order valence-electron chi connectivity index (χ3n) is 5.82. The maximum Gasteiger partial charge on any atom is 0.148 e. The van der Waals surface area contributed by atoms with E-state index in [0.29, 0.717) is 25.5 Å². The third-order valence-corrected chi connectivity index (χ3v) is 8.11. The summed E-state index contributed by atoms with van der Waals surface area (Å²) in [4.78, 5) is 13.6. The summed E-state index contributed by atoms with van der Waals surface area (Å²) < 4.78 is 29.6. The van der Waals surface area contributed by atoms with E-state index in [2.05, 4.69) is 36.5 Å². The average Bonchev–Trinajstić information content (AvgIpc) is 3.39. The molecule has 2 aromatic heterocycles. The minimum atomic E-state index is -2.99. The molecule has 3 aromatic carbocycles. The molecule has 8 nitrogen and oxygen atoms in total. The summed E-state index contributed by atoms with van der Waals surface area (Å²) in [6, 6.07) is 21.8. The maximum atomic E-state index is 11.3. The van der Waals surface area contributed by atoms with E-state index in [0.717, 1.165) is 48.6 Å². The number of ether oxygens (including phenoxy) is 1. The highest BCUT2D eigenvalue weighted by Crippen LogP contribution is 2.30. The van der Waals surface area contributed by atoms with Gasteiger partial charge >= 0.3 is 0 Å². The molecule has 2 heterocycles. The largest absolute Gasteiger partial charge is 0.489 e. The predicted molar refractivity (Wildman–Crippen MR) is 160 cm³/mol. The number of sulfone groups is 1. The van der Waals surface area contributed by atoms with Gasteiger partial charge in [-0.2, -0.15) is 0 Å². The first kappa shape index (κ1) is 27.2. The van der Waals surface area contributed by atoms with Gasteiger partial charge in [0.1, 0.15) is 39.3 Å². The van der Waals surface area contributed by atoms with Gasteiger partial charge in [-0.05, 0) is 54.1 Å². The molecule has 0 aliphatic carbocycles. The Bertz CT molecular complexity index is 1690. The van der Waals surface area contributed by atoms with Gasteiger partial charge < -0.3 is 15.4 Å². The van der Waals surface area contributed by atoms with Crippen LogP contribution in [0.1, 0.15) is 10.6 Å². The summed E-state index contributed by atoms with van der Waals surface area (Å²) in [5.41, 5.74) is 4.60. The molecule has 11 heteroatoms. The van der Waals surface area contributed by atoms with Crippen molar-refractivity contribution in [3.63, 3.8) is 0 Å². The van der Waals surface area contributed by atoms with E-state index in [-0.39, 0.29) is 5.75 Å². The number of hydrogen-bond acceptors (Lipinski definition) is 9. The lowest BCUT2D eigenvalue weighted by molar-refractivity contribution is 0.306. The molecule has 0 unspecified atom stereocenters. The van der Waals surface area contributed by atoms with Gasteiger partial charge in [0.25, 0.3) is 0 Å². The molecule has 0 bridgehead atoms. The van der Waals surface area contributed by atoms with Crippen molar-refractivity contribution >= 4 is 59.5 Å². The summed E-state index contributed by atoms with van der Waals surface area (Å²) >= 11 is 5.02. The van der Waals surface area contributed by atoms with E-state index in [9.17, 15) is 8.42 Å². The Morgan fingerprint density at radius 2 is 1.87 bits per heavy atom. The fourth-order valence-corrected chi connectivity index (χ4v) is 5.59. The van der Waals surface area contributed by atoms with Crippen LogP contribution in [0, 0.1) is 0 Å². The fourth-order valence-electron chi connectivity index (χ4n) is 3.86. The van der Waals surface area contributed by atoms with Crippen LogP contribution in [0.15, 0.2) is 82.9 Å². The topological polar surface area (TPSA) is 106 Å². The summed E-state index contributed by atoms with van der Waals surface area (Å²) in [6.07, 6.45) is 2.78. The molecule has 2 N–H and O–H groups in total. The van der Waals surface area contributed by atoms with Gasteiger partial charge in [0.2, 0.25) is 0 Å². The SMILES string of the molecule is CS(=O)(=O)CCNCc1nc(-c2ccc3ncnc(Nc4ccc(OCc5cccc(Br)c5)cc4)c3c2)cs1. The fraction of sp³-hybridized carbons (Fsp3) is 0.179. The van der Waals surface area contributed by atoms with Crippen molar-refractivity contribution in [1.82, 2.24) is 20.3 Å². The molecule has 0 aliphatic rings. The molecule has 0 saturated heterocycles. The predicted octanol–water partition coefficient (Wildman–Crippen LogP) is 5.97. The molecule has 5 rings (SSSR count). The Morgan fingerprint density at radius 1 is 1.03 bits per heavy atom. The molecule has 0 atom stereocenters. The van der Waals surface area contributed by atoms with Gasteiger partial charge in [-0.25, -0.2) is 23.4 Å². The highest BCUT2D eigenvalue weighted by atomic mass is 79.9. The van der Waals surface area contributed by atoms with E-state index < -0.39 is 9.84 Å². The monoisotopic (exact) mass is 623 g/mol. The molecular weight excluding hydrogens is 598 g/mol. The molecule has 0 amide bonds. The number of anilines is 2. The van der Waals surface area contributed by atoms with Gasteiger partial charge in [-0.3, -0.25) is 0 Å². The van der Waals surface area contributed by atoms with Crippen LogP contribution in [-0.2, 0) is 23.0 Å². The van der Waals surface area contributed by atoms with Crippen LogP contribution < -0.4 is 15.4 Å². The lowest BCUT2D eigenvalue weighted by Gasteiger charge is -2.11. The summed E-state index contributed by atoms with van der Waals surface area (Å²) in [7, 11) is -2.99. The highest BCUT2D eigenvalue weighted by molar-refractivity contribution is 9.10. The third kappa shape index (κ3) is 7.60. The molecule has 0 fully saturated rings. The van der Waals surface area contributed by atoms with Crippen LogP contribution in [0.4, 0.5) is 11.5 Å². The number of rotatable bonds is 11. The first-order chi connectivity index (χ1) is 18.8. The highest BCUT2D eigenvalue weighted by Gasteiger charge is 2.10. The Hall–Kier alpha value is -3.38. The number of nitrogens with zero attached hydrogens (tertiary/aromatic N) is 3. The minimum absolute atomic E-state index is 0.104. The maximum absolute atomic E-state index is 11.3. The van der Waals surface area contributed by atoms with Crippen molar-refractivity contribution in [1.29, 1.82) is 0 Å². The van der Waals surface area contributed by atoms with Crippen LogP contribution >= 0.6 is 27.3 Å². The Kier molecular flexibility index (Phi) is 8.51. The molecule has 0 spiro atoms. The van der Waals surface area contributed by atoms with Crippen LogP contribution in [0.3, 0.4) is 0 Å². The zero-order valence-corrected chi connectivity index (χ0v) is 24.3. The second kappa shape index (κ2) is 12.2. The van der Waals surface area contributed by atoms with Gasteiger partial charge in [0, 0.05) is 45.8 Å². The zero-order chi connectivity index (χ0) is 27.2. The number of hydrogen-bond donors (Lipinski definition) is 2. The summed E-state index contributed by atoms with van der Waals surface area (Å²) in [5.74, 6) is 1.58. The van der Waals surface area contributed by atoms with E-state index in [1.807, 2.05) is 72.1 Å². The first-order valence-corrected chi connectivity index (χ1v) is 15.9. The molecule has 0 aliphatic heterocycles. The normalized spacial score (nSPS) is 11.5. The van der Waals surface area contributed by atoms with E-state index in [4.69, 9.17) is 9.72 Å². The second-order valence-corrected chi connectivity index (χ2v) is 13.1. The van der Waals surface area contributed by atoms with E-state index in [1.54, 1.807) is 6.33 Å². The van der Waals surface area contributed by atoms with Crippen molar-refractivity contribution in [2.45, 2.75) is 13.2 Å². The quantitative estimate of drug-likeness (QED) is 0.173. The Balaban J connectivity index is 1.26. The summed E-state index contributed by atoms with van der Waals surface area (Å²) in [6.45, 7) is 1.40. The van der Waals surface area contributed by atoms with Crippen molar-refractivity contribution in [2.24, 2.45) is 0 Å². The van der Waals surface area contributed by atoms with Crippen molar-refractivity contribution < 1.29 is 13.2 Å². The second-order valence-electron chi connectivity index (χ2n) is 8.96. The van der Waals surface area contributed by atoms with E-state index >= 15 is 0 Å². The van der Waals surface area contributed by atoms with Crippen molar-refractivity contribution in [3.8, 4) is 17.0 Å². The van der Waals surface area contributed by atoms with Crippen molar-refractivity contribution in [3.05, 3.63) is 93.5 Å². The van der Waals surface area contributed by atoms with Gasteiger partial charge in [-0.15, -0.1) is 11.3 Å². The van der Waals surface area contributed by atoms with Crippen LogP contribution in [0.25, 0.3) is 22.2 Å². The average molecular weight is 625 g/mol. The number of thiazole rings is 1. The van der Waals surface area contributed by atoms with Crippen LogP contribution in [-0.4, -0.2) is 41.9 Å². The standard InChI is InChI=1S/C28H26BrN5O3S2/c1-39(35,36)12-11-30-15-27-34-26(17-38-27)20-5-10-25-24(14-20)28(32-18-31-25)33-22-6-8-23(9-7-22)37-16-19-3-2-4-21(29)13-19/h2-10,13-14,17-18,30H,11-12,15-16H2,1H3,(H,31,32,33). The number of nitrogens with one attached hydrogen (secondary N) is 2. The number of halogens is 1. The van der Waals surface area contributed by atoms with Crippen molar-refractivity contribution in [2.75, 3.05) is 23.9 Å². The minimum Gasteiger partial charge on any atom is -0.489 e. The van der Waals surface area contributed by atoms with Gasteiger partial charge in [0.15, 0.2) is 0 Å². The number of fused-ring (bicyclic) bond motifs is 1. The molecular formula is C28H26BrN5O3S2. The zero-order valence-electron chi connectivity index (χ0n) is 21.1. The number of benzene rings is 3. The Morgan fingerprint density at radius 3 is 2.67 bits per heavy atom. The lowest BCUT2D eigenvalue weighted by atomic mass is 10.1. The van der Waals surface area contributed by atoms with Gasteiger partial charge in [-0.1, -0.05) is 34.1 Å². The van der Waals surface area contributed by atoms with Gasteiger partial charge in [0.05, 0.1) is 17.0 Å². The van der Waals surface area contributed by atoms with Crippen LogP contribution in [0.5, 0.6) is 5.75 Å². The van der Waals surface area contributed by atoms with E-state index in [1.165, 1.54) is 17.6 Å². The molecule has 5 aromatic rings. The summed E-state index contributed by atoms with van der Waals surface area (Å²) in [5, 5.41) is 10.3. The smallest absolute Gasteiger partial charge is 0.148 e. The Labute approximate surface area is 239 Å². The molecule has 200 valence electrons. The number of aromatic nitrogens is 3. The first-order valence-electron chi connectivity index (χ1n) is 12.1. The lowest BCUT2D eigenvalue weighted by Crippen LogP contribution is -2.21. The molecule has 0 saturated carbocycles.